The van der Waals surface area contributed by atoms with E-state index in [9.17, 15) is 9.59 Å². The molecule has 0 saturated carbocycles. The van der Waals surface area contributed by atoms with Gasteiger partial charge in [0, 0.05) is 19.2 Å². The van der Waals surface area contributed by atoms with Crippen molar-refractivity contribution in [1.29, 1.82) is 0 Å². The van der Waals surface area contributed by atoms with Gasteiger partial charge in [-0.2, -0.15) is 5.10 Å². The molecule has 88 valence electrons. The Hall–Kier alpha value is -1.45. The van der Waals surface area contributed by atoms with E-state index in [0.29, 0.717) is 17.7 Å². The largest absolute Gasteiger partial charge is 0.299 e. The van der Waals surface area contributed by atoms with Gasteiger partial charge in [0.1, 0.15) is 5.78 Å². The first-order chi connectivity index (χ1) is 7.47. The number of nitrogens with zero attached hydrogens (tertiary/aromatic N) is 2. The van der Waals surface area contributed by atoms with Gasteiger partial charge in [0.2, 0.25) is 0 Å². The number of hydrogen-bond donors (Lipinski definition) is 0. The fourth-order valence-corrected chi connectivity index (χ4v) is 1.81. The summed E-state index contributed by atoms with van der Waals surface area (Å²) < 4.78 is 1.67. The van der Waals surface area contributed by atoms with Crippen LogP contribution in [0.4, 0.5) is 0 Å². The Kier molecular flexibility index (Phi) is 3.99. The molecule has 0 saturated heterocycles. The van der Waals surface area contributed by atoms with Gasteiger partial charge < -0.3 is 0 Å². The van der Waals surface area contributed by atoms with Gasteiger partial charge in [0.25, 0.3) is 0 Å². The zero-order valence-electron chi connectivity index (χ0n) is 10.3. The molecule has 0 atom stereocenters. The van der Waals surface area contributed by atoms with Crippen molar-refractivity contribution in [2.45, 2.75) is 40.0 Å². The van der Waals surface area contributed by atoms with Gasteiger partial charge in [-0.1, -0.05) is 6.92 Å². The molecular formula is C12H18N2O2. The summed E-state index contributed by atoms with van der Waals surface area (Å²) >= 11 is 0. The molecule has 0 radical (unpaired) electrons. The van der Waals surface area contributed by atoms with Crippen molar-refractivity contribution >= 4 is 11.6 Å². The monoisotopic (exact) mass is 222 g/mol. The van der Waals surface area contributed by atoms with Gasteiger partial charge in [0.05, 0.1) is 17.7 Å². The van der Waals surface area contributed by atoms with E-state index in [2.05, 4.69) is 5.10 Å². The van der Waals surface area contributed by atoms with E-state index in [1.165, 1.54) is 0 Å². The Balaban J connectivity index is 2.85. The fraction of sp³-hybridized carbons (Fsp3) is 0.583. The first-order valence-electron chi connectivity index (χ1n) is 5.52. The summed E-state index contributed by atoms with van der Waals surface area (Å²) in [5.41, 5.74) is 2.13. The van der Waals surface area contributed by atoms with Crippen LogP contribution in [0, 0.1) is 13.8 Å². The van der Waals surface area contributed by atoms with Crippen molar-refractivity contribution in [3.63, 3.8) is 0 Å². The molecule has 0 aliphatic rings. The van der Waals surface area contributed by atoms with E-state index in [-0.39, 0.29) is 18.0 Å². The highest BCUT2D eigenvalue weighted by atomic mass is 16.1. The molecule has 0 spiro atoms. The third-order valence-corrected chi connectivity index (χ3v) is 2.67. The predicted octanol–water partition coefficient (Wildman–Crippen LogP) is 1.98. The van der Waals surface area contributed by atoms with E-state index < -0.39 is 0 Å². The smallest absolute Gasteiger partial charge is 0.173 e. The molecule has 16 heavy (non-hydrogen) atoms. The molecule has 4 nitrogen and oxygen atoms in total. The summed E-state index contributed by atoms with van der Waals surface area (Å²) in [6.45, 7) is 5.57. The van der Waals surface area contributed by atoms with Gasteiger partial charge in [0.15, 0.2) is 5.78 Å². The van der Waals surface area contributed by atoms with Crippen LogP contribution in [0.3, 0.4) is 0 Å². The molecule has 0 bridgehead atoms. The van der Waals surface area contributed by atoms with Crippen molar-refractivity contribution in [1.82, 2.24) is 9.78 Å². The van der Waals surface area contributed by atoms with E-state index in [1.54, 1.807) is 18.7 Å². The number of carbonyl (C=O) groups excluding carboxylic acids is 2. The van der Waals surface area contributed by atoms with Gasteiger partial charge >= 0.3 is 0 Å². The van der Waals surface area contributed by atoms with E-state index >= 15 is 0 Å². The predicted molar refractivity (Wildman–Crippen MR) is 61.5 cm³/mol. The maximum absolute atomic E-state index is 11.9. The zero-order valence-corrected chi connectivity index (χ0v) is 10.3. The summed E-state index contributed by atoms with van der Waals surface area (Å²) in [5, 5.41) is 4.17. The third-order valence-electron chi connectivity index (χ3n) is 2.67. The van der Waals surface area contributed by atoms with Gasteiger partial charge in [-0.05, 0) is 20.3 Å². The number of hydrogen-bond acceptors (Lipinski definition) is 3. The van der Waals surface area contributed by atoms with Gasteiger partial charge in [-0.3, -0.25) is 14.3 Å². The molecule has 1 heterocycles. The zero-order chi connectivity index (χ0) is 12.3. The first-order valence-corrected chi connectivity index (χ1v) is 5.52. The molecule has 0 aliphatic carbocycles. The highest BCUT2D eigenvalue weighted by Crippen LogP contribution is 2.14. The Labute approximate surface area is 95.6 Å². The van der Waals surface area contributed by atoms with Crippen molar-refractivity contribution in [2.75, 3.05) is 0 Å². The number of carbonyl (C=O) groups is 2. The average molecular weight is 222 g/mol. The first kappa shape index (κ1) is 12.6. The lowest BCUT2D eigenvalue weighted by Gasteiger charge is -2.00. The number of Topliss-reactive ketones (excluding diaryl/α,β-unsaturated/α-hetero) is 2. The topological polar surface area (TPSA) is 52.0 Å². The van der Waals surface area contributed by atoms with E-state index in [4.69, 9.17) is 0 Å². The van der Waals surface area contributed by atoms with Crippen LogP contribution in [0.25, 0.3) is 0 Å². The Morgan fingerprint density at radius 2 is 1.94 bits per heavy atom. The number of aryl methyl sites for hydroxylation is 2. The quantitative estimate of drug-likeness (QED) is 0.565. The molecular weight excluding hydrogens is 204 g/mol. The minimum absolute atomic E-state index is 0.00120. The van der Waals surface area contributed by atoms with Crippen LogP contribution < -0.4 is 0 Å². The van der Waals surface area contributed by atoms with Crippen LogP contribution in [-0.2, 0) is 11.8 Å². The van der Waals surface area contributed by atoms with Crippen LogP contribution in [0.2, 0.25) is 0 Å². The second-order valence-corrected chi connectivity index (χ2v) is 4.06. The molecule has 4 heteroatoms. The molecule has 0 unspecified atom stereocenters. The number of aromatic nitrogens is 2. The van der Waals surface area contributed by atoms with Crippen molar-refractivity contribution in [3.05, 3.63) is 17.0 Å². The average Bonchev–Trinajstić information content (AvgIpc) is 2.41. The summed E-state index contributed by atoms with van der Waals surface area (Å²) in [5.74, 6) is -0.100. The van der Waals surface area contributed by atoms with Crippen LogP contribution in [-0.4, -0.2) is 21.3 Å². The van der Waals surface area contributed by atoms with Crippen LogP contribution in [0.5, 0.6) is 0 Å². The summed E-state index contributed by atoms with van der Waals surface area (Å²) in [6, 6.07) is 0. The Bertz CT molecular complexity index is 419. The van der Waals surface area contributed by atoms with Crippen molar-refractivity contribution in [3.8, 4) is 0 Å². The lowest BCUT2D eigenvalue weighted by Crippen LogP contribution is -2.09. The maximum atomic E-state index is 11.9. The standard InChI is InChI=1S/C12H18N2O2/c1-5-6-10(15)7-11(16)12-8(2)13-14(4)9(12)3/h5-7H2,1-4H3. The molecule has 0 N–H and O–H groups in total. The molecule has 1 aromatic heterocycles. The SMILES string of the molecule is CCCC(=O)CC(=O)c1c(C)nn(C)c1C. The molecule has 0 amide bonds. The van der Waals surface area contributed by atoms with Crippen molar-refractivity contribution in [2.24, 2.45) is 7.05 Å². The maximum Gasteiger partial charge on any atom is 0.173 e. The minimum atomic E-state index is -0.110. The molecule has 1 aromatic rings. The summed E-state index contributed by atoms with van der Waals surface area (Å²) in [4.78, 5) is 23.3. The van der Waals surface area contributed by atoms with Crippen LogP contribution in [0.1, 0.15) is 47.9 Å². The Morgan fingerprint density at radius 3 is 2.38 bits per heavy atom. The van der Waals surface area contributed by atoms with Gasteiger partial charge in [-0.25, -0.2) is 0 Å². The molecule has 0 aliphatic heterocycles. The highest BCUT2D eigenvalue weighted by molar-refractivity contribution is 6.09. The summed E-state index contributed by atoms with van der Waals surface area (Å²) in [7, 11) is 1.80. The second kappa shape index (κ2) is 5.05. The van der Waals surface area contributed by atoms with Gasteiger partial charge in [-0.15, -0.1) is 0 Å². The third kappa shape index (κ3) is 2.56. The normalized spacial score (nSPS) is 10.5. The highest BCUT2D eigenvalue weighted by Gasteiger charge is 2.19. The molecule has 1 rings (SSSR count). The number of ketones is 2. The molecule has 0 aromatic carbocycles. The van der Waals surface area contributed by atoms with Crippen LogP contribution in [0.15, 0.2) is 0 Å². The minimum Gasteiger partial charge on any atom is -0.299 e. The van der Waals surface area contributed by atoms with E-state index in [1.807, 2.05) is 13.8 Å². The molecule has 0 fully saturated rings. The summed E-state index contributed by atoms with van der Waals surface area (Å²) in [6.07, 6.45) is 1.27. The number of rotatable bonds is 5. The lowest BCUT2D eigenvalue weighted by atomic mass is 10.0. The fourth-order valence-electron chi connectivity index (χ4n) is 1.81. The Morgan fingerprint density at radius 1 is 1.31 bits per heavy atom. The van der Waals surface area contributed by atoms with E-state index in [0.717, 1.165) is 12.1 Å². The van der Waals surface area contributed by atoms with Crippen LogP contribution >= 0.6 is 0 Å². The second-order valence-electron chi connectivity index (χ2n) is 4.06. The van der Waals surface area contributed by atoms with Crippen molar-refractivity contribution < 1.29 is 9.59 Å². The lowest BCUT2D eigenvalue weighted by molar-refractivity contribution is -0.118.